The number of anilines is 1. The smallest absolute Gasteiger partial charge is 0.291 e. The summed E-state index contributed by atoms with van der Waals surface area (Å²) >= 11 is 0. The number of benzene rings is 1. The van der Waals surface area contributed by atoms with Crippen LogP contribution in [0.4, 0.5) is 5.69 Å². The summed E-state index contributed by atoms with van der Waals surface area (Å²) in [6.07, 6.45) is 0. The first kappa shape index (κ1) is 16.8. The lowest BCUT2D eigenvalue weighted by molar-refractivity contribution is 0.264. The molecule has 0 amide bonds. The van der Waals surface area contributed by atoms with Crippen LogP contribution in [0.3, 0.4) is 0 Å². The molecule has 1 aromatic carbocycles. The van der Waals surface area contributed by atoms with Gasteiger partial charge in [0.2, 0.25) is 0 Å². The number of hydrogen-bond acceptors (Lipinski definition) is 4. The lowest BCUT2D eigenvalue weighted by atomic mass is 10.3. The van der Waals surface area contributed by atoms with Gasteiger partial charge >= 0.3 is 0 Å². The van der Waals surface area contributed by atoms with Gasteiger partial charge in [-0.05, 0) is 12.1 Å². The predicted molar refractivity (Wildman–Crippen MR) is 87.2 cm³/mol. The van der Waals surface area contributed by atoms with Gasteiger partial charge in [-0.25, -0.2) is 9.98 Å². The molecule has 0 bridgehead atoms. The molecular formula is C15H24N4O2. The maximum absolute atomic E-state index is 5.53. The first-order valence-corrected chi connectivity index (χ1v) is 6.74. The first-order valence-electron chi connectivity index (χ1n) is 6.74. The number of methoxy groups -OCH3 is 1. The van der Waals surface area contributed by atoms with Gasteiger partial charge in [-0.3, -0.25) is 4.90 Å². The van der Waals surface area contributed by atoms with Crippen LogP contribution < -0.4 is 4.90 Å². The fraction of sp³-hybridized carbons (Fsp3) is 0.467. The van der Waals surface area contributed by atoms with Crippen molar-refractivity contribution in [3.63, 3.8) is 0 Å². The molecule has 0 aliphatic heterocycles. The highest BCUT2D eigenvalue weighted by Crippen LogP contribution is 2.11. The molecule has 6 heteroatoms. The summed E-state index contributed by atoms with van der Waals surface area (Å²) in [5.74, 6) is 0. The minimum atomic E-state index is 0.445. The quantitative estimate of drug-likeness (QED) is 0.481. The van der Waals surface area contributed by atoms with E-state index in [9.17, 15) is 0 Å². The van der Waals surface area contributed by atoms with Crippen molar-refractivity contribution < 1.29 is 9.47 Å². The van der Waals surface area contributed by atoms with Crippen molar-refractivity contribution in [2.24, 2.45) is 9.98 Å². The van der Waals surface area contributed by atoms with Crippen LogP contribution >= 0.6 is 0 Å². The van der Waals surface area contributed by atoms with Crippen molar-refractivity contribution in [1.29, 1.82) is 0 Å². The third kappa shape index (κ3) is 5.33. The Bertz CT molecular complexity index is 472. The SMILES string of the molecule is C/N=C(\OCC/N=C(\OC)N(C)c1ccccc1)N(C)C. The molecule has 0 radical (unpaired) electrons. The number of para-hydroxylation sites is 1. The minimum absolute atomic E-state index is 0.445. The Labute approximate surface area is 126 Å². The minimum Gasteiger partial charge on any atom is -0.468 e. The summed E-state index contributed by atoms with van der Waals surface area (Å²) in [6.45, 7) is 0.938. The van der Waals surface area contributed by atoms with Gasteiger partial charge in [0.1, 0.15) is 6.61 Å². The lowest BCUT2D eigenvalue weighted by Gasteiger charge is -2.20. The molecular weight excluding hydrogens is 268 g/mol. The van der Waals surface area contributed by atoms with E-state index < -0.39 is 0 Å². The maximum Gasteiger partial charge on any atom is 0.291 e. The van der Waals surface area contributed by atoms with Crippen LogP contribution in [0.1, 0.15) is 0 Å². The fourth-order valence-corrected chi connectivity index (χ4v) is 1.74. The number of ether oxygens (including phenoxy) is 2. The molecule has 0 fully saturated rings. The van der Waals surface area contributed by atoms with E-state index in [0.29, 0.717) is 25.2 Å². The number of amidine groups is 2. The molecule has 0 aliphatic carbocycles. The molecule has 0 heterocycles. The van der Waals surface area contributed by atoms with Crippen LogP contribution in [-0.4, -0.2) is 65.4 Å². The average Bonchev–Trinajstić information content (AvgIpc) is 2.51. The molecule has 0 saturated heterocycles. The van der Waals surface area contributed by atoms with Crippen LogP contribution in [0.5, 0.6) is 0 Å². The van der Waals surface area contributed by atoms with Crippen LogP contribution in [0.25, 0.3) is 0 Å². The summed E-state index contributed by atoms with van der Waals surface area (Å²) in [7, 11) is 8.99. The van der Waals surface area contributed by atoms with E-state index in [2.05, 4.69) is 9.98 Å². The maximum atomic E-state index is 5.53. The molecule has 0 atom stereocenters. The second-order valence-electron chi connectivity index (χ2n) is 4.51. The Balaban J connectivity index is 2.56. The van der Waals surface area contributed by atoms with E-state index in [1.165, 1.54) is 0 Å². The molecule has 1 aromatic rings. The standard InChI is InChI=1S/C15H24N4O2/c1-16-14(18(2)3)21-12-11-17-15(20-5)19(4)13-9-7-6-8-10-13/h6-10H,11-12H2,1-5H3/b16-14-,17-15-. The average molecular weight is 292 g/mol. The van der Waals surface area contributed by atoms with Gasteiger partial charge in [-0.1, -0.05) is 18.2 Å². The highest BCUT2D eigenvalue weighted by molar-refractivity contribution is 5.91. The van der Waals surface area contributed by atoms with E-state index in [1.54, 1.807) is 14.2 Å². The predicted octanol–water partition coefficient (Wildman–Crippen LogP) is 1.69. The molecule has 0 unspecified atom stereocenters. The molecule has 21 heavy (non-hydrogen) atoms. The van der Waals surface area contributed by atoms with Crippen molar-refractivity contribution in [2.45, 2.75) is 0 Å². The second kappa shape index (κ2) is 8.84. The number of aliphatic imine (C=N–C) groups is 2. The van der Waals surface area contributed by atoms with E-state index in [4.69, 9.17) is 9.47 Å². The van der Waals surface area contributed by atoms with E-state index >= 15 is 0 Å². The molecule has 6 nitrogen and oxygen atoms in total. The first-order chi connectivity index (χ1) is 10.1. The van der Waals surface area contributed by atoms with Crippen LogP contribution in [0.2, 0.25) is 0 Å². The van der Waals surface area contributed by atoms with Gasteiger partial charge in [-0.2, -0.15) is 0 Å². The van der Waals surface area contributed by atoms with Crippen molar-refractivity contribution in [3.05, 3.63) is 30.3 Å². The second-order valence-corrected chi connectivity index (χ2v) is 4.51. The molecule has 0 spiro atoms. The van der Waals surface area contributed by atoms with Crippen molar-refractivity contribution in [2.75, 3.05) is 53.4 Å². The highest BCUT2D eigenvalue weighted by Gasteiger charge is 2.08. The molecule has 0 N–H and O–H groups in total. The van der Waals surface area contributed by atoms with Gasteiger partial charge in [0, 0.05) is 33.9 Å². The van der Waals surface area contributed by atoms with Gasteiger partial charge in [0.05, 0.1) is 13.7 Å². The third-order valence-electron chi connectivity index (χ3n) is 2.76. The molecule has 0 saturated carbocycles. The van der Waals surface area contributed by atoms with Crippen molar-refractivity contribution in [1.82, 2.24) is 4.90 Å². The molecule has 0 aliphatic rings. The van der Waals surface area contributed by atoms with E-state index in [-0.39, 0.29) is 0 Å². The van der Waals surface area contributed by atoms with Gasteiger partial charge in [0.15, 0.2) is 0 Å². The summed E-state index contributed by atoms with van der Waals surface area (Å²) < 4.78 is 10.9. The summed E-state index contributed by atoms with van der Waals surface area (Å²) in [5.41, 5.74) is 1.02. The summed E-state index contributed by atoms with van der Waals surface area (Å²) in [6, 6.07) is 11.1. The summed E-state index contributed by atoms with van der Waals surface area (Å²) in [4.78, 5) is 12.1. The summed E-state index contributed by atoms with van der Waals surface area (Å²) in [5, 5.41) is 0. The zero-order chi connectivity index (χ0) is 15.7. The molecule has 116 valence electrons. The Hall–Kier alpha value is -2.24. The van der Waals surface area contributed by atoms with Crippen LogP contribution in [-0.2, 0) is 9.47 Å². The third-order valence-corrected chi connectivity index (χ3v) is 2.76. The topological polar surface area (TPSA) is 49.7 Å². The van der Waals surface area contributed by atoms with Crippen molar-refractivity contribution >= 4 is 17.7 Å². The number of nitrogens with zero attached hydrogens (tertiary/aromatic N) is 4. The monoisotopic (exact) mass is 292 g/mol. The highest BCUT2D eigenvalue weighted by atomic mass is 16.5. The Morgan fingerprint density at radius 1 is 1.10 bits per heavy atom. The van der Waals surface area contributed by atoms with Gasteiger partial charge < -0.3 is 14.4 Å². The zero-order valence-corrected chi connectivity index (χ0v) is 13.4. The van der Waals surface area contributed by atoms with E-state index in [0.717, 1.165) is 5.69 Å². The van der Waals surface area contributed by atoms with Crippen LogP contribution in [0.15, 0.2) is 40.3 Å². The number of hydrogen-bond donors (Lipinski definition) is 0. The lowest BCUT2D eigenvalue weighted by Crippen LogP contribution is -2.29. The normalized spacial score (nSPS) is 12.0. The van der Waals surface area contributed by atoms with Gasteiger partial charge in [0.25, 0.3) is 12.0 Å². The molecule has 1 rings (SSSR count). The molecule has 0 aromatic heterocycles. The Morgan fingerprint density at radius 3 is 2.29 bits per heavy atom. The van der Waals surface area contributed by atoms with Crippen LogP contribution in [0, 0.1) is 0 Å². The van der Waals surface area contributed by atoms with Crippen molar-refractivity contribution in [3.8, 4) is 0 Å². The van der Waals surface area contributed by atoms with Gasteiger partial charge in [-0.15, -0.1) is 0 Å². The fourth-order valence-electron chi connectivity index (χ4n) is 1.74. The zero-order valence-electron chi connectivity index (χ0n) is 13.4. The Kier molecular flexibility index (Phi) is 7.08. The number of rotatable bonds is 4. The van der Waals surface area contributed by atoms with E-state index in [1.807, 2.05) is 61.3 Å². The largest absolute Gasteiger partial charge is 0.468 e. The Morgan fingerprint density at radius 2 is 1.76 bits per heavy atom.